The maximum absolute atomic E-state index is 12.6. The molecule has 0 spiro atoms. The number of amidine groups is 1. The molecule has 6 nitrogen and oxygen atoms in total. The topological polar surface area (TPSA) is 71.3 Å². The Morgan fingerprint density at radius 2 is 2.08 bits per heavy atom. The van der Waals surface area contributed by atoms with E-state index in [2.05, 4.69) is 21.9 Å². The van der Waals surface area contributed by atoms with Gasteiger partial charge in [0.25, 0.3) is 5.91 Å². The first-order valence-corrected chi connectivity index (χ1v) is 8.36. The molecule has 1 aromatic carbocycles. The molecule has 0 bridgehead atoms. The van der Waals surface area contributed by atoms with Crippen molar-refractivity contribution in [2.45, 2.75) is 20.3 Å². The van der Waals surface area contributed by atoms with Crippen molar-refractivity contribution in [1.82, 2.24) is 0 Å². The highest BCUT2D eigenvalue weighted by Gasteiger charge is 2.35. The third kappa shape index (κ3) is 4.32. The summed E-state index contributed by atoms with van der Waals surface area (Å²) in [5, 5.41) is 8.64. The van der Waals surface area contributed by atoms with E-state index >= 15 is 0 Å². The molecule has 0 aliphatic carbocycles. The molecule has 24 heavy (non-hydrogen) atoms. The lowest BCUT2D eigenvalue weighted by atomic mass is 10.1. The lowest BCUT2D eigenvalue weighted by Gasteiger charge is -2.14. The van der Waals surface area contributed by atoms with E-state index in [1.54, 1.807) is 18.3 Å². The van der Waals surface area contributed by atoms with Crippen LogP contribution in [0.15, 0.2) is 51.5 Å². The molecule has 1 saturated heterocycles. The Kier molecular flexibility index (Phi) is 6.31. The molecule has 0 radical (unpaired) electrons. The number of esters is 1. The standard InChI is InChI=1S/C17H19N3O3S/c1-4-12(2)11-18-19-17-20(13-8-6-5-7-9-13)16(22)14(24-17)10-15(21)23-3/h5-12H,4H2,1-3H3/b14-10-,18-11+,19-17-. The van der Waals surface area contributed by atoms with Gasteiger partial charge in [-0.25, -0.2) is 4.79 Å². The average molecular weight is 345 g/mol. The van der Waals surface area contributed by atoms with E-state index in [1.807, 2.05) is 25.1 Å². The fourth-order valence-electron chi connectivity index (χ4n) is 1.81. The summed E-state index contributed by atoms with van der Waals surface area (Å²) in [6.07, 6.45) is 3.86. The van der Waals surface area contributed by atoms with Gasteiger partial charge in [-0.2, -0.15) is 5.10 Å². The van der Waals surface area contributed by atoms with Gasteiger partial charge in [0.05, 0.1) is 17.7 Å². The maximum Gasteiger partial charge on any atom is 0.331 e. The smallest absolute Gasteiger partial charge is 0.331 e. The SMILES string of the molecule is CCC(C)/C=N/N=C1\S/C(=C\C(=O)OC)C(=O)N1c1ccccc1. The molecule has 1 aliphatic heterocycles. The lowest BCUT2D eigenvalue weighted by Crippen LogP contribution is -2.28. The Hall–Kier alpha value is -2.41. The third-order valence-electron chi connectivity index (χ3n) is 3.38. The minimum atomic E-state index is -0.580. The van der Waals surface area contributed by atoms with Crippen LogP contribution in [-0.4, -0.2) is 30.4 Å². The first-order valence-electron chi connectivity index (χ1n) is 7.55. The molecule has 0 aromatic heterocycles. The van der Waals surface area contributed by atoms with Gasteiger partial charge < -0.3 is 4.74 Å². The van der Waals surface area contributed by atoms with E-state index in [-0.39, 0.29) is 10.8 Å². The molecule has 0 N–H and O–H groups in total. The molecule has 1 aromatic rings. The summed E-state index contributed by atoms with van der Waals surface area (Å²) in [4.78, 5) is 25.8. The molecular weight excluding hydrogens is 326 g/mol. The number of rotatable bonds is 5. The summed E-state index contributed by atoms with van der Waals surface area (Å²) in [6, 6.07) is 9.12. The van der Waals surface area contributed by atoms with Crippen LogP contribution in [0, 0.1) is 5.92 Å². The quantitative estimate of drug-likeness (QED) is 0.355. The Bertz CT molecular complexity index is 698. The van der Waals surface area contributed by atoms with Crippen molar-refractivity contribution in [3.05, 3.63) is 41.3 Å². The van der Waals surface area contributed by atoms with Gasteiger partial charge in [0.2, 0.25) is 5.17 Å². The van der Waals surface area contributed by atoms with Crippen LogP contribution in [0.2, 0.25) is 0 Å². The Labute approximate surface area is 145 Å². The van der Waals surface area contributed by atoms with E-state index in [0.29, 0.717) is 16.8 Å². The predicted octanol–water partition coefficient (Wildman–Crippen LogP) is 3.21. The van der Waals surface area contributed by atoms with Crippen molar-refractivity contribution in [2.75, 3.05) is 12.0 Å². The van der Waals surface area contributed by atoms with Crippen molar-refractivity contribution in [1.29, 1.82) is 0 Å². The largest absolute Gasteiger partial charge is 0.466 e. The molecule has 126 valence electrons. The highest BCUT2D eigenvalue weighted by Crippen LogP contribution is 2.34. The van der Waals surface area contributed by atoms with E-state index in [0.717, 1.165) is 18.2 Å². The molecule has 1 amide bonds. The van der Waals surface area contributed by atoms with Crippen molar-refractivity contribution in [3.63, 3.8) is 0 Å². The van der Waals surface area contributed by atoms with Gasteiger partial charge in [0.15, 0.2) is 0 Å². The summed E-state index contributed by atoms with van der Waals surface area (Å²) >= 11 is 1.10. The number of hydrogen-bond donors (Lipinski definition) is 0. The minimum Gasteiger partial charge on any atom is -0.466 e. The molecule has 1 atom stereocenters. The minimum absolute atomic E-state index is 0.253. The number of para-hydroxylation sites is 1. The fourth-order valence-corrected chi connectivity index (χ4v) is 2.71. The molecule has 0 saturated carbocycles. The summed E-state index contributed by atoms with van der Waals surface area (Å²) in [6.45, 7) is 4.10. The second kappa shape index (κ2) is 8.44. The zero-order chi connectivity index (χ0) is 17.5. The number of carbonyl (C=O) groups excluding carboxylic acids is 2. The van der Waals surface area contributed by atoms with Gasteiger partial charge in [0, 0.05) is 12.3 Å². The number of hydrogen-bond acceptors (Lipinski definition) is 6. The van der Waals surface area contributed by atoms with E-state index < -0.39 is 5.97 Å². The van der Waals surface area contributed by atoms with Crippen molar-refractivity contribution < 1.29 is 14.3 Å². The van der Waals surface area contributed by atoms with Crippen molar-refractivity contribution >= 4 is 40.7 Å². The van der Waals surface area contributed by atoms with E-state index in [9.17, 15) is 9.59 Å². The Morgan fingerprint density at radius 1 is 1.38 bits per heavy atom. The van der Waals surface area contributed by atoms with E-state index in [1.165, 1.54) is 18.1 Å². The number of ether oxygens (including phenoxy) is 1. The van der Waals surface area contributed by atoms with Gasteiger partial charge >= 0.3 is 5.97 Å². The first-order chi connectivity index (χ1) is 11.6. The van der Waals surface area contributed by atoms with Gasteiger partial charge in [-0.15, -0.1) is 5.10 Å². The van der Waals surface area contributed by atoms with Crippen LogP contribution in [0.3, 0.4) is 0 Å². The van der Waals surface area contributed by atoms with Gasteiger partial charge in [-0.1, -0.05) is 32.0 Å². The number of thioether (sulfide) groups is 1. The summed E-state index contributed by atoms with van der Waals surface area (Å²) in [5.74, 6) is -0.607. The van der Waals surface area contributed by atoms with Crippen LogP contribution in [0.5, 0.6) is 0 Å². The Balaban J connectivity index is 2.36. The number of nitrogens with zero attached hydrogens (tertiary/aromatic N) is 3. The van der Waals surface area contributed by atoms with E-state index in [4.69, 9.17) is 0 Å². The third-order valence-corrected chi connectivity index (χ3v) is 4.34. The number of amides is 1. The molecular formula is C17H19N3O3S. The van der Waals surface area contributed by atoms with Gasteiger partial charge in [0.1, 0.15) is 0 Å². The predicted molar refractivity (Wildman–Crippen MR) is 97.0 cm³/mol. The van der Waals surface area contributed by atoms with Crippen LogP contribution >= 0.6 is 11.8 Å². The second-order valence-corrected chi connectivity index (χ2v) is 6.15. The lowest BCUT2D eigenvalue weighted by molar-refractivity contribution is -0.135. The first kappa shape index (κ1) is 17.9. The van der Waals surface area contributed by atoms with Crippen LogP contribution < -0.4 is 4.90 Å². The van der Waals surface area contributed by atoms with Crippen LogP contribution in [0.4, 0.5) is 5.69 Å². The van der Waals surface area contributed by atoms with Gasteiger partial charge in [-0.3, -0.25) is 9.69 Å². The fraction of sp³-hybridized carbons (Fsp3) is 0.294. The molecule has 1 heterocycles. The molecule has 1 aliphatic rings. The molecule has 1 fully saturated rings. The van der Waals surface area contributed by atoms with Gasteiger partial charge in [-0.05, 0) is 36.2 Å². The van der Waals surface area contributed by atoms with Crippen LogP contribution in [0.25, 0.3) is 0 Å². The maximum atomic E-state index is 12.6. The monoisotopic (exact) mass is 345 g/mol. The average Bonchev–Trinajstić information content (AvgIpc) is 2.90. The molecule has 2 rings (SSSR count). The zero-order valence-electron chi connectivity index (χ0n) is 13.8. The summed E-state index contributed by atoms with van der Waals surface area (Å²) in [5.41, 5.74) is 0.667. The van der Waals surface area contributed by atoms with Crippen LogP contribution in [-0.2, 0) is 14.3 Å². The number of carbonyl (C=O) groups is 2. The van der Waals surface area contributed by atoms with Crippen molar-refractivity contribution in [3.8, 4) is 0 Å². The number of benzene rings is 1. The molecule has 1 unspecified atom stereocenters. The highest BCUT2D eigenvalue weighted by atomic mass is 32.2. The number of anilines is 1. The normalized spacial score (nSPS) is 19.5. The highest BCUT2D eigenvalue weighted by molar-refractivity contribution is 8.19. The Morgan fingerprint density at radius 3 is 2.71 bits per heavy atom. The summed E-state index contributed by atoms with van der Waals surface area (Å²) < 4.78 is 4.59. The zero-order valence-corrected chi connectivity index (χ0v) is 14.6. The van der Waals surface area contributed by atoms with Crippen LogP contribution in [0.1, 0.15) is 20.3 Å². The second-order valence-electron chi connectivity index (χ2n) is 5.14. The van der Waals surface area contributed by atoms with Crippen molar-refractivity contribution in [2.24, 2.45) is 16.1 Å². The summed E-state index contributed by atoms with van der Waals surface area (Å²) in [7, 11) is 1.27. The number of methoxy groups -OCH3 is 1. The molecule has 7 heteroatoms.